The molecule has 0 aromatic rings. The molecule has 0 aliphatic carbocycles. The van der Waals surface area contributed by atoms with Crippen molar-refractivity contribution in [2.24, 2.45) is 0 Å². The summed E-state index contributed by atoms with van der Waals surface area (Å²) in [4.78, 5) is 2.74. The number of nitrogens with zero attached hydrogens (tertiary/aromatic N) is 1. The van der Waals surface area contributed by atoms with E-state index in [0.717, 1.165) is 6.54 Å². The number of unbranched alkanes of at least 4 members (excludes halogenated alkanes) is 6. The minimum atomic E-state index is 0.411. The van der Waals surface area contributed by atoms with Crippen molar-refractivity contribution in [1.82, 2.24) is 4.90 Å². The third kappa shape index (κ3) is 6.69. The maximum atomic E-state index is 5.58. The molecule has 1 atom stereocenters. The Morgan fingerprint density at radius 1 is 0.952 bits per heavy atom. The highest BCUT2D eigenvalue weighted by Gasteiger charge is 2.36. The van der Waals surface area contributed by atoms with Crippen molar-refractivity contribution in [2.75, 3.05) is 20.2 Å². The molecule has 1 rings (SSSR count). The molecule has 0 saturated carbocycles. The van der Waals surface area contributed by atoms with Gasteiger partial charge in [-0.15, -0.1) is 0 Å². The van der Waals surface area contributed by atoms with Crippen LogP contribution in [-0.4, -0.2) is 36.7 Å². The zero-order chi connectivity index (χ0) is 15.6. The monoisotopic (exact) mass is 297 g/mol. The zero-order valence-corrected chi connectivity index (χ0v) is 15.1. The summed E-state index contributed by atoms with van der Waals surface area (Å²) in [5, 5.41) is 0. The number of rotatable bonds is 12. The first-order valence-electron chi connectivity index (χ1n) is 9.44. The maximum Gasteiger partial charge on any atom is 0.0710 e. The highest BCUT2D eigenvalue weighted by molar-refractivity contribution is 4.91. The van der Waals surface area contributed by atoms with E-state index in [0.29, 0.717) is 11.6 Å². The first-order valence-corrected chi connectivity index (χ1v) is 9.44. The van der Waals surface area contributed by atoms with Gasteiger partial charge >= 0.3 is 0 Å². The molecule has 0 bridgehead atoms. The van der Waals surface area contributed by atoms with Crippen LogP contribution in [0.25, 0.3) is 0 Å². The molecule has 0 aromatic heterocycles. The quantitative estimate of drug-likeness (QED) is 0.447. The molecule has 0 N–H and O–H groups in total. The molecule has 2 nitrogen and oxygen atoms in total. The van der Waals surface area contributed by atoms with Gasteiger partial charge in [0.25, 0.3) is 0 Å². The lowest BCUT2D eigenvalue weighted by atomic mass is 9.86. The third-order valence-electron chi connectivity index (χ3n) is 5.38. The smallest absolute Gasteiger partial charge is 0.0710 e. The van der Waals surface area contributed by atoms with Gasteiger partial charge in [-0.3, -0.25) is 4.90 Å². The molecular weight excluding hydrogens is 258 g/mol. The van der Waals surface area contributed by atoms with Crippen LogP contribution in [0.15, 0.2) is 0 Å². The molecule has 1 aliphatic rings. The van der Waals surface area contributed by atoms with E-state index in [1.807, 2.05) is 7.11 Å². The van der Waals surface area contributed by atoms with E-state index < -0.39 is 0 Å². The lowest BCUT2D eigenvalue weighted by Crippen LogP contribution is -2.45. The second-order valence-corrected chi connectivity index (χ2v) is 7.21. The predicted molar refractivity (Wildman–Crippen MR) is 92.9 cm³/mol. The molecule has 0 radical (unpaired) electrons. The van der Waals surface area contributed by atoms with Gasteiger partial charge in [-0.1, -0.05) is 65.2 Å². The predicted octanol–water partition coefficient (Wildman–Crippen LogP) is 5.41. The van der Waals surface area contributed by atoms with Crippen LogP contribution in [0.1, 0.15) is 91.4 Å². The summed E-state index contributed by atoms with van der Waals surface area (Å²) < 4.78 is 5.58. The van der Waals surface area contributed by atoms with Crippen molar-refractivity contribution in [3.05, 3.63) is 0 Å². The number of methoxy groups -OCH3 is 1. The number of hydrogen-bond donors (Lipinski definition) is 0. The van der Waals surface area contributed by atoms with Gasteiger partial charge < -0.3 is 4.74 Å². The van der Waals surface area contributed by atoms with Crippen molar-refractivity contribution < 1.29 is 4.74 Å². The molecular formula is C19H39NO. The van der Waals surface area contributed by atoms with Crippen LogP contribution >= 0.6 is 0 Å². The lowest BCUT2D eigenvalue weighted by molar-refractivity contribution is 0.0660. The highest BCUT2D eigenvalue weighted by atomic mass is 16.5. The first kappa shape index (κ1) is 19.0. The van der Waals surface area contributed by atoms with Gasteiger partial charge in [0.2, 0.25) is 0 Å². The van der Waals surface area contributed by atoms with Gasteiger partial charge in [0.15, 0.2) is 0 Å². The van der Waals surface area contributed by atoms with Crippen molar-refractivity contribution in [2.45, 2.75) is 103 Å². The standard InChI is InChI=1S/C19H39NO/c1-5-7-9-11-14-19(3,15-12-10-8-6-2)20-16-13-18(17-20)21-4/h18H,5-17H2,1-4H3. The Labute approximate surface area is 133 Å². The van der Waals surface area contributed by atoms with E-state index in [2.05, 4.69) is 25.7 Å². The number of hydrogen-bond acceptors (Lipinski definition) is 2. The lowest BCUT2D eigenvalue weighted by Gasteiger charge is -2.39. The fourth-order valence-corrected chi connectivity index (χ4v) is 3.72. The molecule has 126 valence electrons. The Kier molecular flexibility index (Phi) is 9.59. The average molecular weight is 298 g/mol. The molecule has 1 fully saturated rings. The summed E-state index contributed by atoms with van der Waals surface area (Å²) in [6, 6.07) is 0. The molecule has 0 amide bonds. The van der Waals surface area contributed by atoms with Crippen LogP contribution in [0.4, 0.5) is 0 Å². The number of likely N-dealkylation sites (tertiary alicyclic amines) is 1. The zero-order valence-electron chi connectivity index (χ0n) is 15.1. The largest absolute Gasteiger partial charge is 0.380 e. The van der Waals surface area contributed by atoms with Crippen LogP contribution in [0.3, 0.4) is 0 Å². The Balaban J connectivity index is 2.47. The summed E-state index contributed by atoms with van der Waals surface area (Å²) >= 11 is 0. The second kappa shape index (κ2) is 10.6. The van der Waals surface area contributed by atoms with Gasteiger partial charge in [-0.05, 0) is 26.2 Å². The minimum absolute atomic E-state index is 0.411. The summed E-state index contributed by atoms with van der Waals surface area (Å²) in [7, 11) is 1.87. The van der Waals surface area contributed by atoms with Crippen LogP contribution < -0.4 is 0 Å². The van der Waals surface area contributed by atoms with Crippen LogP contribution in [0, 0.1) is 0 Å². The molecule has 1 heterocycles. The van der Waals surface area contributed by atoms with Crippen LogP contribution in [0.2, 0.25) is 0 Å². The molecule has 21 heavy (non-hydrogen) atoms. The van der Waals surface area contributed by atoms with E-state index in [1.165, 1.54) is 77.2 Å². The Morgan fingerprint density at radius 3 is 1.95 bits per heavy atom. The average Bonchev–Trinajstić information content (AvgIpc) is 2.98. The van der Waals surface area contributed by atoms with Gasteiger partial charge in [0.05, 0.1) is 6.10 Å². The van der Waals surface area contributed by atoms with Crippen molar-refractivity contribution in [1.29, 1.82) is 0 Å². The summed E-state index contributed by atoms with van der Waals surface area (Å²) in [6.07, 6.45) is 15.5. The molecule has 0 aromatic carbocycles. The van der Waals surface area contributed by atoms with E-state index in [-0.39, 0.29) is 0 Å². The minimum Gasteiger partial charge on any atom is -0.380 e. The van der Waals surface area contributed by atoms with Crippen LogP contribution in [0.5, 0.6) is 0 Å². The fraction of sp³-hybridized carbons (Fsp3) is 1.00. The molecule has 1 unspecified atom stereocenters. The van der Waals surface area contributed by atoms with Gasteiger partial charge in [0.1, 0.15) is 0 Å². The third-order valence-corrected chi connectivity index (χ3v) is 5.38. The molecule has 0 spiro atoms. The van der Waals surface area contributed by atoms with E-state index in [1.54, 1.807) is 0 Å². The van der Waals surface area contributed by atoms with Gasteiger partial charge in [0, 0.05) is 25.7 Å². The SMILES string of the molecule is CCCCCCC(C)(CCCCCC)N1CCC(OC)C1. The van der Waals surface area contributed by atoms with Crippen molar-refractivity contribution in [3.63, 3.8) is 0 Å². The fourth-order valence-electron chi connectivity index (χ4n) is 3.72. The first-order chi connectivity index (χ1) is 10.2. The maximum absolute atomic E-state index is 5.58. The molecule has 1 aliphatic heterocycles. The van der Waals surface area contributed by atoms with E-state index in [4.69, 9.17) is 4.74 Å². The van der Waals surface area contributed by atoms with Crippen molar-refractivity contribution in [3.8, 4) is 0 Å². The summed E-state index contributed by atoms with van der Waals surface area (Å²) in [5.74, 6) is 0. The van der Waals surface area contributed by atoms with Gasteiger partial charge in [-0.2, -0.15) is 0 Å². The summed E-state index contributed by atoms with van der Waals surface area (Å²) in [6.45, 7) is 9.50. The van der Waals surface area contributed by atoms with Crippen molar-refractivity contribution >= 4 is 0 Å². The Morgan fingerprint density at radius 2 is 1.52 bits per heavy atom. The highest BCUT2D eigenvalue weighted by Crippen LogP contribution is 2.32. The topological polar surface area (TPSA) is 12.5 Å². The number of ether oxygens (including phenoxy) is 1. The second-order valence-electron chi connectivity index (χ2n) is 7.21. The van der Waals surface area contributed by atoms with Crippen LogP contribution in [-0.2, 0) is 4.74 Å². The Hall–Kier alpha value is -0.0800. The molecule has 1 saturated heterocycles. The summed E-state index contributed by atoms with van der Waals surface area (Å²) in [5.41, 5.74) is 0.411. The van der Waals surface area contributed by atoms with E-state index in [9.17, 15) is 0 Å². The molecule has 2 heteroatoms. The van der Waals surface area contributed by atoms with E-state index >= 15 is 0 Å². The van der Waals surface area contributed by atoms with Gasteiger partial charge in [-0.25, -0.2) is 0 Å². The Bertz CT molecular complexity index is 242. The normalized spacial score (nSPS) is 20.3.